The maximum atomic E-state index is 5.90. The molecule has 0 aromatic carbocycles. The highest BCUT2D eigenvalue weighted by molar-refractivity contribution is 7.36. The van der Waals surface area contributed by atoms with Gasteiger partial charge in [-0.2, -0.15) is 0 Å². The molecule has 5 heteroatoms. The summed E-state index contributed by atoms with van der Waals surface area (Å²) in [7, 11) is -2.67. The number of hydrogen-bond acceptors (Lipinski definition) is 3. The Morgan fingerprint density at radius 2 is 1.12 bits per heavy atom. The van der Waals surface area contributed by atoms with Crippen LogP contribution in [0.5, 0.6) is 11.5 Å². The van der Waals surface area contributed by atoms with E-state index < -0.39 is 16.1 Å². The maximum absolute atomic E-state index is 5.90. The van der Waals surface area contributed by atoms with Crippen molar-refractivity contribution in [3.8, 4) is 11.5 Å². The quantitative estimate of drug-likeness (QED) is 0.778. The molecule has 96 valence electrons. The Balaban J connectivity index is 2.60. The van der Waals surface area contributed by atoms with E-state index in [1.807, 2.05) is 11.3 Å². The molecule has 0 unspecified atom stereocenters. The molecule has 0 fully saturated rings. The molecule has 1 aliphatic rings. The van der Waals surface area contributed by atoms with E-state index in [0.717, 1.165) is 11.5 Å². The van der Waals surface area contributed by atoms with E-state index in [2.05, 4.69) is 39.3 Å². The minimum absolute atomic E-state index is 0.701. The monoisotopic (exact) mass is 286 g/mol. The summed E-state index contributed by atoms with van der Waals surface area (Å²) in [4.78, 5) is 0. The summed E-state index contributed by atoms with van der Waals surface area (Å²) in [6.45, 7) is 15.7. The molecule has 1 aromatic heterocycles. The van der Waals surface area contributed by atoms with Crippen LogP contribution in [0.1, 0.15) is 0 Å². The second-order valence-corrected chi connectivity index (χ2v) is 18.4. The maximum Gasteiger partial charge on any atom is 0.170 e. The lowest BCUT2D eigenvalue weighted by Gasteiger charge is -2.22. The van der Waals surface area contributed by atoms with Gasteiger partial charge in [-0.3, -0.25) is 0 Å². The van der Waals surface area contributed by atoms with E-state index in [1.54, 1.807) is 0 Å². The van der Waals surface area contributed by atoms with Crippen molar-refractivity contribution in [2.24, 2.45) is 0 Å². The molecule has 17 heavy (non-hydrogen) atoms. The van der Waals surface area contributed by atoms with Gasteiger partial charge >= 0.3 is 0 Å². The summed E-state index contributed by atoms with van der Waals surface area (Å²) in [6.07, 6.45) is 0. The summed E-state index contributed by atoms with van der Waals surface area (Å²) in [5.74, 6) is 2.16. The molecule has 0 radical (unpaired) electrons. The van der Waals surface area contributed by atoms with E-state index in [1.165, 1.54) is 9.00 Å². The van der Waals surface area contributed by atoms with Gasteiger partial charge in [-0.25, -0.2) is 0 Å². The predicted molar refractivity (Wildman–Crippen MR) is 81.3 cm³/mol. The zero-order chi connectivity index (χ0) is 12.8. The fourth-order valence-electron chi connectivity index (χ4n) is 1.94. The number of hydrogen-bond donors (Lipinski definition) is 0. The number of fused-ring (bicyclic) bond motifs is 1. The first-order chi connectivity index (χ1) is 7.71. The van der Waals surface area contributed by atoms with Crippen molar-refractivity contribution in [2.45, 2.75) is 39.3 Å². The molecule has 2 heterocycles. The van der Waals surface area contributed by atoms with Gasteiger partial charge < -0.3 is 9.47 Å². The fraction of sp³-hybridized carbons (Fsp3) is 0.667. The van der Waals surface area contributed by atoms with Crippen molar-refractivity contribution in [3.63, 3.8) is 0 Å². The van der Waals surface area contributed by atoms with Crippen LogP contribution in [-0.2, 0) is 0 Å². The van der Waals surface area contributed by atoms with Crippen LogP contribution in [0.2, 0.25) is 39.3 Å². The Morgan fingerprint density at radius 1 is 0.765 bits per heavy atom. The molecule has 0 spiro atoms. The molecular formula is C12H22O2SSi2. The first-order valence-electron chi connectivity index (χ1n) is 6.14. The molecule has 0 bridgehead atoms. The van der Waals surface area contributed by atoms with Crippen molar-refractivity contribution in [1.29, 1.82) is 0 Å². The van der Waals surface area contributed by atoms with Crippen LogP contribution in [0, 0.1) is 0 Å². The molecule has 2 nitrogen and oxygen atoms in total. The Labute approximate surface area is 110 Å². The summed E-state index contributed by atoms with van der Waals surface area (Å²) < 4.78 is 14.8. The first kappa shape index (κ1) is 13.2. The second kappa shape index (κ2) is 4.14. The Hall–Kier alpha value is -0.266. The average Bonchev–Trinajstić information content (AvgIpc) is 2.55. The molecule has 0 aliphatic carbocycles. The van der Waals surface area contributed by atoms with E-state index in [0.29, 0.717) is 13.2 Å². The van der Waals surface area contributed by atoms with Crippen LogP contribution in [0.4, 0.5) is 0 Å². The first-order valence-corrected chi connectivity index (χ1v) is 14.0. The molecule has 0 saturated carbocycles. The van der Waals surface area contributed by atoms with Gasteiger partial charge in [-0.05, 0) is 0 Å². The third-order valence-corrected chi connectivity index (χ3v) is 11.0. The van der Waals surface area contributed by atoms with Crippen LogP contribution in [-0.4, -0.2) is 29.4 Å². The number of thiophene rings is 1. The molecule has 0 amide bonds. The van der Waals surface area contributed by atoms with E-state index in [-0.39, 0.29) is 0 Å². The van der Waals surface area contributed by atoms with Crippen molar-refractivity contribution in [2.75, 3.05) is 13.2 Å². The smallest absolute Gasteiger partial charge is 0.170 e. The predicted octanol–water partition coefficient (Wildman–Crippen LogP) is 2.61. The lowest BCUT2D eigenvalue weighted by atomic mass is 10.5. The highest BCUT2D eigenvalue weighted by Crippen LogP contribution is 2.35. The van der Waals surface area contributed by atoms with Crippen molar-refractivity contribution in [3.05, 3.63) is 0 Å². The second-order valence-electron chi connectivity index (χ2n) is 6.62. The minimum Gasteiger partial charge on any atom is -0.485 e. The lowest BCUT2D eigenvalue weighted by Crippen LogP contribution is -2.38. The van der Waals surface area contributed by atoms with Gasteiger partial charge in [0.2, 0.25) is 0 Å². The summed E-state index contributed by atoms with van der Waals surface area (Å²) in [5.41, 5.74) is 0. The van der Waals surface area contributed by atoms with Crippen LogP contribution < -0.4 is 18.5 Å². The van der Waals surface area contributed by atoms with Crippen LogP contribution >= 0.6 is 11.3 Å². The molecule has 1 aromatic rings. The Morgan fingerprint density at radius 3 is 1.41 bits per heavy atom. The number of ether oxygens (including phenoxy) is 2. The highest BCUT2D eigenvalue weighted by Gasteiger charge is 2.35. The van der Waals surface area contributed by atoms with Gasteiger partial charge in [0.25, 0.3) is 0 Å². The van der Waals surface area contributed by atoms with Crippen molar-refractivity contribution < 1.29 is 9.47 Å². The lowest BCUT2D eigenvalue weighted by molar-refractivity contribution is 0.176. The summed E-state index contributed by atoms with van der Waals surface area (Å²) in [5, 5.41) is 0. The van der Waals surface area contributed by atoms with Gasteiger partial charge in [0.1, 0.15) is 13.2 Å². The Bertz CT molecular complexity index is 388. The van der Waals surface area contributed by atoms with Crippen LogP contribution in [0.15, 0.2) is 0 Å². The van der Waals surface area contributed by atoms with Crippen LogP contribution in [0.25, 0.3) is 0 Å². The van der Waals surface area contributed by atoms with E-state index in [4.69, 9.17) is 9.47 Å². The summed E-state index contributed by atoms with van der Waals surface area (Å²) >= 11 is 1.96. The fourth-order valence-corrected chi connectivity index (χ4v) is 7.73. The molecule has 2 rings (SSSR count). The molecule has 0 saturated heterocycles. The highest BCUT2D eigenvalue weighted by atomic mass is 32.1. The van der Waals surface area contributed by atoms with Crippen molar-refractivity contribution in [1.82, 2.24) is 0 Å². The van der Waals surface area contributed by atoms with Gasteiger partial charge in [-0.15, -0.1) is 11.3 Å². The topological polar surface area (TPSA) is 18.5 Å². The normalized spacial score (nSPS) is 16.1. The van der Waals surface area contributed by atoms with Gasteiger partial charge in [0.15, 0.2) is 11.5 Å². The van der Waals surface area contributed by atoms with E-state index >= 15 is 0 Å². The standard InChI is InChI=1S/C12H22O2SSi2/c1-16(2,3)11-9-10(14-8-7-13-9)12(15-11)17(4,5)6/h7-8H2,1-6H3. The van der Waals surface area contributed by atoms with Gasteiger partial charge in [-0.1, -0.05) is 39.3 Å². The van der Waals surface area contributed by atoms with Crippen molar-refractivity contribution >= 4 is 36.5 Å². The van der Waals surface area contributed by atoms with Crippen LogP contribution in [0.3, 0.4) is 0 Å². The number of rotatable bonds is 2. The minimum atomic E-state index is -1.33. The average molecular weight is 287 g/mol. The third-order valence-electron chi connectivity index (χ3n) is 2.76. The van der Waals surface area contributed by atoms with E-state index in [9.17, 15) is 0 Å². The SMILES string of the molecule is C[Si](C)(C)c1sc([Si](C)(C)C)c2c1OCCO2. The zero-order valence-corrected chi connectivity index (χ0v) is 14.5. The molecule has 0 atom stereocenters. The largest absolute Gasteiger partial charge is 0.485 e. The van der Waals surface area contributed by atoms with Gasteiger partial charge in [0.05, 0.1) is 16.1 Å². The molecular weight excluding hydrogens is 264 g/mol. The summed E-state index contributed by atoms with van der Waals surface area (Å²) in [6, 6.07) is 0. The zero-order valence-electron chi connectivity index (χ0n) is 11.6. The van der Waals surface area contributed by atoms with Gasteiger partial charge in [0, 0.05) is 9.00 Å². The molecule has 0 N–H and O–H groups in total. The molecule has 1 aliphatic heterocycles. The third kappa shape index (κ3) is 2.46. The Kier molecular flexibility index (Phi) is 3.21.